The topological polar surface area (TPSA) is 32.3 Å². The van der Waals surface area contributed by atoms with Crippen LogP contribution in [-0.4, -0.2) is 17.3 Å². The predicted octanol–water partition coefficient (Wildman–Crippen LogP) is 3.24. The van der Waals surface area contributed by atoms with E-state index < -0.39 is 23.1 Å². The second-order valence-corrected chi connectivity index (χ2v) is 5.30. The summed E-state index contributed by atoms with van der Waals surface area (Å²) in [5.41, 5.74) is -1.47. The first kappa shape index (κ1) is 15.3. The Bertz CT molecular complexity index is 467. The van der Waals surface area contributed by atoms with Crippen LogP contribution in [0.1, 0.15) is 36.8 Å². The van der Waals surface area contributed by atoms with Gasteiger partial charge in [0.15, 0.2) is 0 Å². The summed E-state index contributed by atoms with van der Waals surface area (Å²) in [5.74, 6) is -0.904. The summed E-state index contributed by atoms with van der Waals surface area (Å²) in [6.45, 7) is -0.134. The van der Waals surface area contributed by atoms with Crippen molar-refractivity contribution >= 4 is 0 Å². The van der Waals surface area contributed by atoms with Gasteiger partial charge in [-0.25, -0.2) is 4.39 Å². The maximum Gasteiger partial charge on any atom is 0.416 e. The van der Waals surface area contributed by atoms with Gasteiger partial charge >= 0.3 is 6.18 Å². The average molecular weight is 291 g/mol. The minimum atomic E-state index is -4.58. The quantitative estimate of drug-likeness (QED) is 0.835. The van der Waals surface area contributed by atoms with Crippen molar-refractivity contribution in [1.82, 2.24) is 5.32 Å². The molecule has 1 aliphatic rings. The number of aliphatic hydroxyl groups excluding tert-OH is 1. The van der Waals surface area contributed by atoms with Gasteiger partial charge < -0.3 is 10.4 Å². The summed E-state index contributed by atoms with van der Waals surface area (Å²) in [5, 5.41) is 12.4. The lowest BCUT2D eigenvalue weighted by atomic mass is 9.97. The minimum absolute atomic E-state index is 0.00127. The van der Waals surface area contributed by atoms with Crippen LogP contribution in [0.15, 0.2) is 18.2 Å². The van der Waals surface area contributed by atoms with Crippen LogP contribution in [-0.2, 0) is 12.7 Å². The number of hydrogen-bond donors (Lipinski definition) is 2. The Kier molecular flexibility index (Phi) is 4.34. The van der Waals surface area contributed by atoms with E-state index in [0.717, 1.165) is 37.8 Å². The molecule has 2 N–H and O–H groups in total. The maximum absolute atomic E-state index is 13.0. The zero-order chi connectivity index (χ0) is 14.8. The summed E-state index contributed by atoms with van der Waals surface area (Å²) in [6.07, 6.45) is -1.20. The van der Waals surface area contributed by atoms with E-state index in [1.807, 2.05) is 0 Å². The van der Waals surface area contributed by atoms with Crippen LogP contribution >= 0.6 is 0 Å². The third kappa shape index (κ3) is 3.30. The van der Waals surface area contributed by atoms with Gasteiger partial charge in [-0.05, 0) is 30.5 Å². The standard InChI is InChI=1S/C14H17F4NO/c15-11-4-3-10(12(7-11)14(16,17)18)8-19-13(9-20)5-1-2-6-13/h3-4,7,19-20H,1-2,5-6,8-9H2. The van der Waals surface area contributed by atoms with Crippen LogP contribution in [0.2, 0.25) is 0 Å². The van der Waals surface area contributed by atoms with Gasteiger partial charge in [-0.15, -0.1) is 0 Å². The molecule has 1 aromatic carbocycles. The molecule has 1 saturated carbocycles. The first-order valence-corrected chi connectivity index (χ1v) is 6.58. The molecule has 0 heterocycles. The molecule has 0 amide bonds. The fraction of sp³-hybridized carbons (Fsp3) is 0.571. The molecule has 2 rings (SSSR count). The van der Waals surface area contributed by atoms with E-state index in [2.05, 4.69) is 5.32 Å². The van der Waals surface area contributed by atoms with Gasteiger partial charge in [-0.3, -0.25) is 0 Å². The van der Waals surface area contributed by atoms with Gasteiger partial charge in [-0.2, -0.15) is 13.2 Å². The largest absolute Gasteiger partial charge is 0.416 e. The van der Waals surface area contributed by atoms with Crippen molar-refractivity contribution in [2.45, 2.75) is 43.9 Å². The average Bonchev–Trinajstić information content (AvgIpc) is 2.86. The van der Waals surface area contributed by atoms with Crippen molar-refractivity contribution < 1.29 is 22.7 Å². The predicted molar refractivity (Wildman–Crippen MR) is 66.5 cm³/mol. The molecule has 0 radical (unpaired) electrons. The lowest BCUT2D eigenvalue weighted by molar-refractivity contribution is -0.138. The lowest BCUT2D eigenvalue weighted by Crippen LogP contribution is -2.45. The monoisotopic (exact) mass is 291 g/mol. The van der Waals surface area contributed by atoms with Gasteiger partial charge in [0.05, 0.1) is 12.2 Å². The molecule has 0 atom stereocenters. The summed E-state index contributed by atoms with van der Waals surface area (Å²) < 4.78 is 51.6. The zero-order valence-electron chi connectivity index (χ0n) is 10.9. The van der Waals surface area contributed by atoms with Crippen LogP contribution in [0.4, 0.5) is 17.6 Å². The molecule has 0 aliphatic heterocycles. The second-order valence-electron chi connectivity index (χ2n) is 5.30. The molecule has 0 unspecified atom stereocenters. The highest BCUT2D eigenvalue weighted by atomic mass is 19.4. The highest BCUT2D eigenvalue weighted by Gasteiger charge is 2.36. The Labute approximate surface area is 114 Å². The molecule has 0 aromatic heterocycles. The first-order chi connectivity index (χ1) is 9.36. The third-order valence-corrected chi connectivity index (χ3v) is 3.89. The molecule has 0 bridgehead atoms. The van der Waals surface area contributed by atoms with Crippen LogP contribution in [0, 0.1) is 5.82 Å². The van der Waals surface area contributed by atoms with Gasteiger partial charge in [0, 0.05) is 12.1 Å². The summed E-state index contributed by atoms with van der Waals surface area (Å²) in [6, 6.07) is 2.68. The number of alkyl halides is 3. The third-order valence-electron chi connectivity index (χ3n) is 3.89. The van der Waals surface area contributed by atoms with Crippen molar-refractivity contribution in [2.75, 3.05) is 6.61 Å². The molecule has 6 heteroatoms. The minimum Gasteiger partial charge on any atom is -0.394 e. The molecular weight excluding hydrogens is 274 g/mol. The zero-order valence-corrected chi connectivity index (χ0v) is 10.9. The number of rotatable bonds is 4. The number of aliphatic hydroxyl groups is 1. The number of halogens is 4. The Morgan fingerprint density at radius 2 is 1.85 bits per heavy atom. The molecule has 2 nitrogen and oxygen atoms in total. The van der Waals surface area contributed by atoms with Crippen molar-refractivity contribution in [2.24, 2.45) is 0 Å². The molecule has 1 aromatic rings. The van der Waals surface area contributed by atoms with Crippen LogP contribution in [0.5, 0.6) is 0 Å². The van der Waals surface area contributed by atoms with E-state index in [4.69, 9.17) is 0 Å². The number of hydrogen-bond acceptors (Lipinski definition) is 2. The summed E-state index contributed by atoms with van der Waals surface area (Å²) in [4.78, 5) is 0. The van der Waals surface area contributed by atoms with E-state index >= 15 is 0 Å². The number of nitrogens with one attached hydrogen (secondary N) is 1. The fourth-order valence-electron chi connectivity index (χ4n) is 2.69. The first-order valence-electron chi connectivity index (χ1n) is 6.58. The molecular formula is C14H17F4NO. The Morgan fingerprint density at radius 3 is 2.40 bits per heavy atom. The normalized spacial score (nSPS) is 18.4. The van der Waals surface area contributed by atoms with Gasteiger partial charge in [0.2, 0.25) is 0 Å². The van der Waals surface area contributed by atoms with E-state index in [9.17, 15) is 22.7 Å². The van der Waals surface area contributed by atoms with E-state index in [0.29, 0.717) is 6.07 Å². The molecule has 0 saturated heterocycles. The molecule has 0 spiro atoms. The number of benzene rings is 1. The van der Waals surface area contributed by atoms with E-state index in [1.54, 1.807) is 0 Å². The maximum atomic E-state index is 13.0. The van der Waals surface area contributed by atoms with E-state index in [1.165, 1.54) is 0 Å². The lowest BCUT2D eigenvalue weighted by Gasteiger charge is -2.28. The molecule has 1 aliphatic carbocycles. The Morgan fingerprint density at radius 1 is 1.20 bits per heavy atom. The second kappa shape index (κ2) is 5.69. The van der Waals surface area contributed by atoms with Crippen molar-refractivity contribution in [3.05, 3.63) is 35.1 Å². The smallest absolute Gasteiger partial charge is 0.394 e. The van der Waals surface area contributed by atoms with Crippen LogP contribution in [0.3, 0.4) is 0 Å². The highest BCUT2D eigenvalue weighted by molar-refractivity contribution is 5.30. The fourth-order valence-corrected chi connectivity index (χ4v) is 2.69. The van der Waals surface area contributed by atoms with Crippen molar-refractivity contribution in [3.8, 4) is 0 Å². The van der Waals surface area contributed by atoms with Gasteiger partial charge in [-0.1, -0.05) is 18.9 Å². The molecule has 20 heavy (non-hydrogen) atoms. The Balaban J connectivity index is 2.17. The highest BCUT2D eigenvalue weighted by Crippen LogP contribution is 2.34. The van der Waals surface area contributed by atoms with Crippen LogP contribution < -0.4 is 5.32 Å². The van der Waals surface area contributed by atoms with E-state index in [-0.39, 0.29) is 18.7 Å². The SMILES string of the molecule is OCC1(NCc2ccc(F)cc2C(F)(F)F)CCCC1. The van der Waals surface area contributed by atoms with Crippen molar-refractivity contribution in [1.29, 1.82) is 0 Å². The molecule has 1 fully saturated rings. The van der Waals surface area contributed by atoms with Crippen LogP contribution in [0.25, 0.3) is 0 Å². The summed E-state index contributed by atoms with van der Waals surface area (Å²) in [7, 11) is 0. The van der Waals surface area contributed by atoms with Crippen molar-refractivity contribution in [3.63, 3.8) is 0 Å². The Hall–Kier alpha value is -1.14. The van der Waals surface area contributed by atoms with Gasteiger partial charge in [0.1, 0.15) is 5.82 Å². The van der Waals surface area contributed by atoms with Gasteiger partial charge in [0.25, 0.3) is 0 Å². The molecule has 112 valence electrons. The summed E-state index contributed by atoms with van der Waals surface area (Å²) >= 11 is 0.